The Labute approximate surface area is 148 Å². The number of aromatic carboxylic acids is 1. The maximum atomic E-state index is 12.1. The summed E-state index contributed by atoms with van der Waals surface area (Å²) in [5, 5.41) is 24.2. The molecule has 124 valence electrons. The van der Waals surface area contributed by atoms with Gasteiger partial charge in [-0.1, -0.05) is 23.7 Å². The lowest BCUT2D eigenvalue weighted by molar-refractivity contribution is 0.0693. The van der Waals surface area contributed by atoms with Crippen LogP contribution >= 0.6 is 23.8 Å². The second kappa shape index (κ2) is 7.29. The van der Waals surface area contributed by atoms with E-state index in [1.54, 1.807) is 31.2 Å². The molecular weight excluding hydrogens is 352 g/mol. The highest BCUT2D eigenvalue weighted by Gasteiger charge is 2.15. The van der Waals surface area contributed by atoms with Crippen molar-refractivity contribution in [3.8, 4) is 5.75 Å². The molecule has 0 aromatic heterocycles. The minimum absolute atomic E-state index is 0.0265. The summed E-state index contributed by atoms with van der Waals surface area (Å²) in [6, 6.07) is 9.22. The van der Waals surface area contributed by atoms with E-state index in [9.17, 15) is 14.7 Å². The number of hydrogen-bond donors (Lipinski definition) is 4. The number of rotatable bonds is 3. The lowest BCUT2D eigenvalue weighted by atomic mass is 10.1. The SMILES string of the molecule is Cc1cc(NC(=S)NC(=O)c2ccccc2Cl)cc(C(=O)O)c1O. The smallest absolute Gasteiger partial charge is 0.339 e. The molecule has 2 aromatic rings. The highest BCUT2D eigenvalue weighted by Crippen LogP contribution is 2.26. The van der Waals surface area contributed by atoms with Crippen LogP contribution in [0.3, 0.4) is 0 Å². The summed E-state index contributed by atoms with van der Waals surface area (Å²) in [7, 11) is 0. The van der Waals surface area contributed by atoms with Crippen molar-refractivity contribution in [2.45, 2.75) is 6.92 Å². The normalized spacial score (nSPS) is 10.1. The molecule has 0 saturated carbocycles. The van der Waals surface area contributed by atoms with Crippen LogP contribution in [0.4, 0.5) is 5.69 Å². The minimum Gasteiger partial charge on any atom is -0.507 e. The van der Waals surface area contributed by atoms with Gasteiger partial charge in [-0.05, 0) is 49.0 Å². The van der Waals surface area contributed by atoms with Crippen molar-refractivity contribution in [3.05, 3.63) is 58.1 Å². The Morgan fingerprint density at radius 1 is 1.17 bits per heavy atom. The second-order valence-corrected chi connectivity index (χ2v) is 5.70. The minimum atomic E-state index is -1.27. The van der Waals surface area contributed by atoms with Crippen LogP contribution in [0.25, 0.3) is 0 Å². The van der Waals surface area contributed by atoms with Crippen molar-refractivity contribution in [2.24, 2.45) is 0 Å². The molecule has 2 aromatic carbocycles. The standard InChI is InChI=1S/C16H13ClN2O4S/c1-8-6-9(7-11(13(8)20)15(22)23)18-16(24)19-14(21)10-4-2-3-5-12(10)17/h2-7,20H,1H3,(H,22,23)(H2,18,19,21,24). The van der Waals surface area contributed by atoms with Crippen LogP contribution in [0.15, 0.2) is 36.4 Å². The van der Waals surface area contributed by atoms with Crippen molar-refractivity contribution < 1.29 is 19.8 Å². The van der Waals surface area contributed by atoms with Gasteiger partial charge in [-0.2, -0.15) is 0 Å². The van der Waals surface area contributed by atoms with Gasteiger partial charge in [-0.25, -0.2) is 4.79 Å². The van der Waals surface area contributed by atoms with Crippen molar-refractivity contribution in [2.75, 3.05) is 5.32 Å². The molecule has 0 radical (unpaired) electrons. The van der Waals surface area contributed by atoms with E-state index in [0.717, 1.165) is 0 Å². The van der Waals surface area contributed by atoms with E-state index in [0.29, 0.717) is 11.3 Å². The van der Waals surface area contributed by atoms with E-state index in [-0.39, 0.29) is 27.0 Å². The third-order valence-electron chi connectivity index (χ3n) is 3.13. The van der Waals surface area contributed by atoms with Crippen LogP contribution in [0.2, 0.25) is 5.02 Å². The third-order valence-corrected chi connectivity index (χ3v) is 3.67. The van der Waals surface area contributed by atoms with Gasteiger partial charge in [-0.3, -0.25) is 10.1 Å². The van der Waals surface area contributed by atoms with E-state index < -0.39 is 11.9 Å². The highest BCUT2D eigenvalue weighted by molar-refractivity contribution is 7.80. The number of carboxylic acids is 1. The van der Waals surface area contributed by atoms with Crippen molar-refractivity contribution in [1.82, 2.24) is 5.32 Å². The Morgan fingerprint density at radius 2 is 1.83 bits per heavy atom. The molecule has 6 nitrogen and oxygen atoms in total. The van der Waals surface area contributed by atoms with Crippen LogP contribution in [0.1, 0.15) is 26.3 Å². The van der Waals surface area contributed by atoms with Gasteiger partial charge in [-0.15, -0.1) is 0 Å². The summed E-state index contributed by atoms with van der Waals surface area (Å²) in [4.78, 5) is 23.2. The molecule has 1 amide bonds. The molecule has 8 heteroatoms. The Hall–Kier alpha value is -2.64. The molecule has 0 fully saturated rings. The first kappa shape index (κ1) is 17.7. The molecule has 0 saturated heterocycles. The predicted octanol–water partition coefficient (Wildman–Crippen LogP) is 3.18. The number of thiocarbonyl (C=S) groups is 1. The summed E-state index contributed by atoms with van der Waals surface area (Å²) < 4.78 is 0. The lowest BCUT2D eigenvalue weighted by Crippen LogP contribution is -2.34. The van der Waals surface area contributed by atoms with Crippen molar-refractivity contribution >= 4 is 46.5 Å². The zero-order valence-electron chi connectivity index (χ0n) is 12.5. The van der Waals surface area contributed by atoms with Gasteiger partial charge in [0.15, 0.2) is 5.11 Å². The number of aryl methyl sites for hydroxylation is 1. The van der Waals surface area contributed by atoms with E-state index in [4.69, 9.17) is 28.9 Å². The van der Waals surface area contributed by atoms with E-state index in [2.05, 4.69) is 10.6 Å². The fraction of sp³-hybridized carbons (Fsp3) is 0.0625. The highest BCUT2D eigenvalue weighted by atomic mass is 35.5. The monoisotopic (exact) mass is 364 g/mol. The fourth-order valence-electron chi connectivity index (χ4n) is 1.99. The largest absolute Gasteiger partial charge is 0.507 e. The number of anilines is 1. The van der Waals surface area contributed by atoms with Crippen LogP contribution in [-0.4, -0.2) is 27.2 Å². The van der Waals surface area contributed by atoms with E-state index >= 15 is 0 Å². The molecule has 0 aliphatic carbocycles. The number of benzene rings is 2. The van der Waals surface area contributed by atoms with Gasteiger partial charge in [0, 0.05) is 5.69 Å². The Morgan fingerprint density at radius 3 is 2.46 bits per heavy atom. The van der Waals surface area contributed by atoms with Gasteiger partial charge in [0.05, 0.1) is 10.6 Å². The van der Waals surface area contributed by atoms with Crippen LogP contribution in [0.5, 0.6) is 5.75 Å². The number of carbonyl (C=O) groups excluding carboxylic acids is 1. The van der Waals surface area contributed by atoms with Gasteiger partial charge in [0.2, 0.25) is 0 Å². The fourth-order valence-corrected chi connectivity index (χ4v) is 2.43. The number of carbonyl (C=O) groups is 2. The summed E-state index contributed by atoms with van der Waals surface area (Å²) in [6.07, 6.45) is 0. The maximum Gasteiger partial charge on any atom is 0.339 e. The predicted molar refractivity (Wildman–Crippen MR) is 94.9 cm³/mol. The van der Waals surface area contributed by atoms with Crippen LogP contribution < -0.4 is 10.6 Å². The first-order chi connectivity index (χ1) is 11.3. The first-order valence-electron chi connectivity index (χ1n) is 6.73. The zero-order chi connectivity index (χ0) is 17.9. The number of nitrogens with one attached hydrogen (secondary N) is 2. The number of aromatic hydroxyl groups is 1. The average Bonchev–Trinajstić information content (AvgIpc) is 2.50. The Kier molecular flexibility index (Phi) is 5.38. The van der Waals surface area contributed by atoms with Gasteiger partial charge in [0.1, 0.15) is 11.3 Å². The number of hydrogen-bond acceptors (Lipinski definition) is 4. The number of amides is 1. The molecule has 0 aliphatic rings. The molecule has 24 heavy (non-hydrogen) atoms. The first-order valence-corrected chi connectivity index (χ1v) is 7.52. The maximum absolute atomic E-state index is 12.1. The third kappa shape index (κ3) is 4.01. The number of carboxylic acid groups (broad SMARTS) is 1. The molecular formula is C16H13ClN2O4S. The van der Waals surface area contributed by atoms with Crippen molar-refractivity contribution in [3.63, 3.8) is 0 Å². The molecule has 0 heterocycles. The summed E-state index contributed by atoms with van der Waals surface area (Å²) >= 11 is 11.0. The Bertz CT molecular complexity index is 839. The van der Waals surface area contributed by atoms with E-state index in [1.165, 1.54) is 12.1 Å². The molecule has 2 rings (SSSR count). The molecule has 0 unspecified atom stereocenters. The van der Waals surface area contributed by atoms with Gasteiger partial charge < -0.3 is 15.5 Å². The van der Waals surface area contributed by atoms with Crippen LogP contribution in [0, 0.1) is 6.92 Å². The topological polar surface area (TPSA) is 98.7 Å². The quantitative estimate of drug-likeness (QED) is 0.493. The average molecular weight is 365 g/mol. The second-order valence-electron chi connectivity index (χ2n) is 4.88. The Balaban J connectivity index is 2.14. The molecule has 0 atom stereocenters. The molecule has 0 bridgehead atoms. The summed E-state index contributed by atoms with van der Waals surface area (Å²) in [5.74, 6) is -2.09. The summed E-state index contributed by atoms with van der Waals surface area (Å²) in [5.41, 5.74) is 0.680. The summed E-state index contributed by atoms with van der Waals surface area (Å²) in [6.45, 7) is 1.55. The van der Waals surface area contributed by atoms with Crippen LogP contribution in [-0.2, 0) is 0 Å². The molecule has 4 N–H and O–H groups in total. The van der Waals surface area contributed by atoms with Gasteiger partial charge >= 0.3 is 5.97 Å². The van der Waals surface area contributed by atoms with Gasteiger partial charge in [0.25, 0.3) is 5.91 Å². The molecule has 0 spiro atoms. The van der Waals surface area contributed by atoms with E-state index in [1.807, 2.05) is 0 Å². The lowest BCUT2D eigenvalue weighted by Gasteiger charge is -2.12. The number of phenols is 1. The molecule has 0 aliphatic heterocycles. The zero-order valence-corrected chi connectivity index (χ0v) is 14.0. The van der Waals surface area contributed by atoms with Crippen molar-refractivity contribution in [1.29, 1.82) is 0 Å². The number of halogens is 1.